The van der Waals surface area contributed by atoms with Crippen molar-refractivity contribution in [3.05, 3.63) is 34.3 Å². The highest BCUT2D eigenvalue weighted by atomic mass is 32.2. The van der Waals surface area contributed by atoms with Crippen LogP contribution in [0.2, 0.25) is 0 Å². The molecule has 1 aliphatic heterocycles. The fraction of sp³-hybridized carbons (Fsp3) is 0.500. The summed E-state index contributed by atoms with van der Waals surface area (Å²) in [6, 6.07) is 0. The first-order valence-electron chi connectivity index (χ1n) is 13.3. The van der Waals surface area contributed by atoms with Crippen LogP contribution in [0.4, 0.5) is 10.7 Å². The Kier molecular flexibility index (Phi) is 8.67. The first kappa shape index (κ1) is 29.3. The monoisotopic (exact) mass is 567 g/mol. The highest BCUT2D eigenvalue weighted by Crippen LogP contribution is 2.36. The van der Waals surface area contributed by atoms with E-state index in [0.717, 1.165) is 40.8 Å². The van der Waals surface area contributed by atoms with Crippen LogP contribution in [0.25, 0.3) is 17.1 Å². The molecule has 0 unspecified atom stereocenters. The molecule has 0 bridgehead atoms. The van der Waals surface area contributed by atoms with Gasteiger partial charge in [0.05, 0.1) is 30.4 Å². The Bertz CT molecular complexity index is 1480. The number of ether oxygens (including phenoxy) is 2. The van der Waals surface area contributed by atoms with E-state index < -0.39 is 11.7 Å². The van der Waals surface area contributed by atoms with Crippen LogP contribution in [0.15, 0.2) is 16.8 Å². The summed E-state index contributed by atoms with van der Waals surface area (Å²) >= 11 is 1.42. The number of methoxy groups -OCH3 is 1. The summed E-state index contributed by atoms with van der Waals surface area (Å²) in [7, 11) is 3.45. The zero-order valence-corrected chi connectivity index (χ0v) is 25.2. The maximum atomic E-state index is 13.3. The Morgan fingerprint density at radius 2 is 1.98 bits per heavy atom. The predicted octanol–water partition coefficient (Wildman–Crippen LogP) is 4.99. The second-order valence-corrected chi connectivity index (χ2v) is 11.8. The number of aryl methyl sites for hydroxylation is 1. The minimum absolute atomic E-state index is 0.0442. The summed E-state index contributed by atoms with van der Waals surface area (Å²) in [5.74, 6) is 1.23. The average molecular weight is 568 g/mol. The number of rotatable bonds is 8. The normalized spacial score (nSPS) is 13.1. The van der Waals surface area contributed by atoms with Gasteiger partial charge in [0.25, 0.3) is 0 Å². The molecule has 11 nitrogen and oxygen atoms in total. The van der Waals surface area contributed by atoms with Gasteiger partial charge in [0.1, 0.15) is 16.4 Å². The summed E-state index contributed by atoms with van der Waals surface area (Å²) in [5.41, 5.74) is 3.67. The lowest BCUT2D eigenvalue weighted by Crippen LogP contribution is -2.29. The number of thioether (sulfide) groups is 1. The highest BCUT2D eigenvalue weighted by Gasteiger charge is 2.26. The van der Waals surface area contributed by atoms with Crippen molar-refractivity contribution < 1.29 is 19.1 Å². The van der Waals surface area contributed by atoms with E-state index in [2.05, 4.69) is 27.2 Å². The minimum atomic E-state index is -0.680. The number of carbonyl (C=O) groups excluding carboxylic acids is 2. The quantitative estimate of drug-likeness (QED) is 0.375. The van der Waals surface area contributed by atoms with Gasteiger partial charge in [-0.25, -0.2) is 14.5 Å². The van der Waals surface area contributed by atoms with E-state index in [9.17, 15) is 9.59 Å². The standard InChI is InChI=1S/C28H37N7O4S/c1-9-10-11-34(7)25(36)18-12-19-21-23(35(33-19)14-20-17(3)22(38-8)16(2)13-29-20)30-26(31-24(21)40-15-18)32-27(37)39-28(4,5)6/h12-13H,9-11,14-15H2,1-8H3,(H,30,31,32,37). The van der Waals surface area contributed by atoms with E-state index in [1.807, 2.05) is 27.0 Å². The van der Waals surface area contributed by atoms with Crippen molar-refractivity contribution in [2.45, 2.75) is 71.6 Å². The molecule has 1 N–H and O–H groups in total. The van der Waals surface area contributed by atoms with Gasteiger partial charge in [0.15, 0.2) is 5.65 Å². The molecule has 0 saturated carbocycles. The number of unbranched alkanes of at least 4 members (excludes halogenated alkanes) is 1. The molecule has 0 fully saturated rings. The Balaban J connectivity index is 1.80. The number of amides is 2. The van der Waals surface area contributed by atoms with E-state index in [0.29, 0.717) is 40.8 Å². The molecule has 12 heteroatoms. The third-order valence-corrected chi connectivity index (χ3v) is 7.42. The van der Waals surface area contributed by atoms with Gasteiger partial charge in [-0.3, -0.25) is 15.1 Å². The number of hydrogen-bond donors (Lipinski definition) is 1. The van der Waals surface area contributed by atoms with Crippen molar-refractivity contribution in [3.8, 4) is 5.75 Å². The number of carbonyl (C=O) groups is 2. The van der Waals surface area contributed by atoms with E-state index in [-0.39, 0.29) is 11.9 Å². The maximum Gasteiger partial charge on any atom is 0.414 e. The Hall–Kier alpha value is -3.67. The molecule has 0 aliphatic carbocycles. The largest absolute Gasteiger partial charge is 0.496 e. The van der Waals surface area contributed by atoms with Crippen LogP contribution in [0.1, 0.15) is 63.1 Å². The Morgan fingerprint density at radius 1 is 1.23 bits per heavy atom. The first-order chi connectivity index (χ1) is 18.9. The lowest BCUT2D eigenvalue weighted by Gasteiger charge is -2.19. The van der Waals surface area contributed by atoms with Crippen LogP contribution in [0, 0.1) is 13.8 Å². The van der Waals surface area contributed by atoms with E-state index >= 15 is 0 Å². The smallest absolute Gasteiger partial charge is 0.414 e. The molecule has 0 spiro atoms. The third-order valence-electron chi connectivity index (χ3n) is 6.39. The van der Waals surface area contributed by atoms with Gasteiger partial charge in [0.2, 0.25) is 11.9 Å². The van der Waals surface area contributed by atoms with Crippen molar-refractivity contribution in [2.24, 2.45) is 0 Å². The number of aromatic nitrogens is 5. The molecule has 1 aliphatic rings. The molecule has 3 aromatic heterocycles. The molecule has 3 aromatic rings. The number of nitrogens with zero attached hydrogens (tertiary/aromatic N) is 6. The average Bonchev–Trinajstić information content (AvgIpc) is 3.10. The van der Waals surface area contributed by atoms with Crippen LogP contribution in [-0.4, -0.2) is 73.7 Å². The number of hydrogen-bond acceptors (Lipinski definition) is 9. The number of pyridine rings is 1. The van der Waals surface area contributed by atoms with Gasteiger partial charge in [-0.05, 0) is 47.1 Å². The summed E-state index contributed by atoms with van der Waals surface area (Å²) < 4.78 is 12.7. The summed E-state index contributed by atoms with van der Waals surface area (Å²) in [6.45, 7) is 12.3. The molecule has 4 rings (SSSR count). The molecule has 214 valence electrons. The Morgan fingerprint density at radius 3 is 2.65 bits per heavy atom. The zero-order chi connectivity index (χ0) is 29.2. The van der Waals surface area contributed by atoms with Crippen molar-refractivity contribution in [2.75, 3.05) is 31.8 Å². The van der Waals surface area contributed by atoms with E-state index in [4.69, 9.17) is 14.6 Å². The summed E-state index contributed by atoms with van der Waals surface area (Å²) in [6.07, 6.45) is 4.87. The molecular weight excluding hydrogens is 530 g/mol. The number of nitrogens with one attached hydrogen (secondary N) is 1. The van der Waals surface area contributed by atoms with Crippen LogP contribution in [0.3, 0.4) is 0 Å². The van der Waals surface area contributed by atoms with Crippen molar-refractivity contribution in [1.82, 2.24) is 29.6 Å². The van der Waals surface area contributed by atoms with Crippen LogP contribution in [-0.2, 0) is 16.1 Å². The number of anilines is 1. The fourth-order valence-electron chi connectivity index (χ4n) is 4.42. The molecule has 0 atom stereocenters. The van der Waals surface area contributed by atoms with E-state index in [1.54, 1.807) is 43.7 Å². The second kappa shape index (κ2) is 11.8. The zero-order valence-electron chi connectivity index (χ0n) is 24.4. The second-order valence-electron chi connectivity index (χ2n) is 10.8. The van der Waals surface area contributed by atoms with Gasteiger partial charge >= 0.3 is 6.09 Å². The molecule has 40 heavy (non-hydrogen) atoms. The van der Waals surface area contributed by atoms with Gasteiger partial charge in [0, 0.05) is 42.2 Å². The molecule has 2 amide bonds. The van der Waals surface area contributed by atoms with Crippen LogP contribution < -0.4 is 10.1 Å². The fourth-order valence-corrected chi connectivity index (χ4v) is 5.41. The lowest BCUT2D eigenvalue weighted by atomic mass is 10.1. The molecule has 0 saturated heterocycles. The molecule has 4 heterocycles. The van der Waals surface area contributed by atoms with E-state index in [1.165, 1.54) is 11.8 Å². The number of likely N-dealkylation sites (N-methyl/N-ethyl adjacent to an activating group) is 1. The third kappa shape index (κ3) is 6.38. The van der Waals surface area contributed by atoms with Crippen LogP contribution >= 0.6 is 11.8 Å². The van der Waals surface area contributed by atoms with Gasteiger partial charge in [-0.2, -0.15) is 10.1 Å². The van der Waals surface area contributed by atoms with Gasteiger partial charge in [-0.1, -0.05) is 13.3 Å². The van der Waals surface area contributed by atoms with Crippen molar-refractivity contribution in [1.29, 1.82) is 0 Å². The predicted molar refractivity (Wildman–Crippen MR) is 156 cm³/mol. The van der Waals surface area contributed by atoms with Gasteiger partial charge < -0.3 is 14.4 Å². The topological polar surface area (TPSA) is 124 Å². The molecule has 0 radical (unpaired) electrons. The lowest BCUT2D eigenvalue weighted by molar-refractivity contribution is -0.125. The summed E-state index contributed by atoms with van der Waals surface area (Å²) in [5, 5.41) is 8.86. The van der Waals surface area contributed by atoms with Crippen molar-refractivity contribution in [3.63, 3.8) is 0 Å². The van der Waals surface area contributed by atoms with Crippen molar-refractivity contribution >= 4 is 46.8 Å². The Labute approximate surface area is 238 Å². The van der Waals surface area contributed by atoms with Crippen LogP contribution in [0.5, 0.6) is 5.75 Å². The first-order valence-corrected chi connectivity index (χ1v) is 14.3. The molecular formula is C28H37N7O4S. The van der Waals surface area contributed by atoms with Gasteiger partial charge in [-0.15, -0.1) is 11.8 Å². The highest BCUT2D eigenvalue weighted by molar-refractivity contribution is 7.99. The maximum absolute atomic E-state index is 13.3. The SMILES string of the molecule is CCCCN(C)C(=O)C1=Cc2nn(Cc3ncc(C)c(OC)c3C)c3nc(NC(=O)OC(C)(C)C)nc(c23)SC1. The molecule has 0 aromatic carbocycles. The summed E-state index contributed by atoms with van der Waals surface area (Å²) in [4.78, 5) is 41.5. The minimum Gasteiger partial charge on any atom is -0.496 e.